The van der Waals surface area contributed by atoms with Crippen molar-refractivity contribution in [1.82, 2.24) is 10.0 Å². The van der Waals surface area contributed by atoms with E-state index >= 15 is 0 Å². The maximum atomic E-state index is 12.8. The van der Waals surface area contributed by atoms with E-state index in [1.165, 1.54) is 42.5 Å². The summed E-state index contributed by atoms with van der Waals surface area (Å²) in [5, 5.41) is 3.53. The first-order valence-electron chi connectivity index (χ1n) is 11.4. The molecular formula is C25H33ClN2O6S2. The summed E-state index contributed by atoms with van der Waals surface area (Å²) in [5.74, 6) is -0.205. The van der Waals surface area contributed by atoms with E-state index in [2.05, 4.69) is 14.8 Å². The van der Waals surface area contributed by atoms with Gasteiger partial charge in [-0.3, -0.25) is 4.79 Å². The van der Waals surface area contributed by atoms with Gasteiger partial charge in [-0.2, -0.15) is 0 Å². The molecule has 8 nitrogen and oxygen atoms in total. The van der Waals surface area contributed by atoms with Gasteiger partial charge in [-0.1, -0.05) is 42.0 Å². The summed E-state index contributed by atoms with van der Waals surface area (Å²) in [6.45, 7) is 7.51. The molecule has 0 aromatic heterocycles. The van der Waals surface area contributed by atoms with E-state index in [4.69, 9.17) is 11.6 Å². The van der Waals surface area contributed by atoms with Crippen LogP contribution >= 0.6 is 11.6 Å². The van der Waals surface area contributed by atoms with Gasteiger partial charge in [0.1, 0.15) is 5.60 Å². The van der Waals surface area contributed by atoms with Gasteiger partial charge in [-0.05, 0) is 82.6 Å². The first-order valence-corrected chi connectivity index (χ1v) is 14.9. The van der Waals surface area contributed by atoms with Crippen molar-refractivity contribution in [3.8, 4) is 0 Å². The fourth-order valence-electron chi connectivity index (χ4n) is 3.24. The smallest absolute Gasteiger partial charge is 0.293 e. The predicted molar refractivity (Wildman–Crippen MR) is 142 cm³/mol. The minimum absolute atomic E-state index is 0.0578. The third kappa shape index (κ3) is 10.0. The highest BCUT2D eigenvalue weighted by Gasteiger charge is 2.20. The Balaban J connectivity index is 0.000000572. The number of carbonyl (C=O) groups excluding carboxylic acids is 1. The van der Waals surface area contributed by atoms with Crippen molar-refractivity contribution < 1.29 is 26.4 Å². The number of rotatable bonds is 8. The molecule has 1 saturated heterocycles. The fraction of sp³-hybridized carbons (Fsp3) is 0.400. The normalized spacial score (nSPS) is 15.2. The quantitative estimate of drug-likeness (QED) is 0.474. The first kappa shape index (κ1) is 30.0. The summed E-state index contributed by atoms with van der Waals surface area (Å²) in [4.78, 5) is 9.88. The molecule has 0 aliphatic carbocycles. The predicted octanol–water partition coefficient (Wildman–Crippen LogP) is 3.82. The summed E-state index contributed by atoms with van der Waals surface area (Å²) in [6.07, 6.45) is 4.53. The second kappa shape index (κ2) is 13.3. The number of nitrogens with one attached hydrogen (secondary N) is 2. The van der Waals surface area contributed by atoms with Crippen LogP contribution in [0, 0.1) is 0 Å². The van der Waals surface area contributed by atoms with Crippen molar-refractivity contribution in [3.63, 3.8) is 0 Å². The van der Waals surface area contributed by atoms with Crippen LogP contribution in [0.1, 0.15) is 39.2 Å². The van der Waals surface area contributed by atoms with E-state index in [1.54, 1.807) is 18.2 Å². The Bertz CT molecular complexity index is 1240. The molecule has 0 amide bonds. The molecule has 1 aliphatic rings. The van der Waals surface area contributed by atoms with Gasteiger partial charge >= 0.3 is 0 Å². The molecule has 2 N–H and O–H groups in total. The number of halogens is 1. The van der Waals surface area contributed by atoms with Crippen LogP contribution in [0.3, 0.4) is 0 Å². The van der Waals surface area contributed by atoms with Gasteiger partial charge in [0.15, 0.2) is 0 Å². The number of ether oxygens (including phenoxy) is 1. The maximum absolute atomic E-state index is 12.8. The molecule has 0 spiro atoms. The van der Waals surface area contributed by atoms with Gasteiger partial charge in [0.05, 0.1) is 15.5 Å². The van der Waals surface area contributed by atoms with Gasteiger partial charge in [-0.15, -0.1) is 0 Å². The monoisotopic (exact) mass is 556 g/mol. The average molecular weight is 557 g/mol. The lowest BCUT2D eigenvalue weighted by molar-refractivity contribution is -0.138. The van der Waals surface area contributed by atoms with Crippen LogP contribution in [-0.2, 0) is 29.4 Å². The number of benzene rings is 2. The highest BCUT2D eigenvalue weighted by molar-refractivity contribution is 7.91. The van der Waals surface area contributed by atoms with Crippen molar-refractivity contribution in [3.05, 3.63) is 65.2 Å². The average Bonchev–Trinajstić information content (AvgIpc) is 2.80. The highest BCUT2D eigenvalue weighted by Crippen LogP contribution is 2.26. The number of hydrogen-bond donors (Lipinski definition) is 2. The Kier molecular flexibility index (Phi) is 11.1. The van der Waals surface area contributed by atoms with Crippen LogP contribution in [-0.4, -0.2) is 53.8 Å². The second-order valence-corrected chi connectivity index (χ2v) is 13.3. The number of hydrogen-bond acceptors (Lipinski definition) is 7. The molecule has 1 heterocycles. The van der Waals surface area contributed by atoms with E-state index in [0.29, 0.717) is 17.1 Å². The Labute approximate surface area is 219 Å². The lowest BCUT2D eigenvalue weighted by Crippen LogP contribution is -2.43. The number of carbonyl (C=O) groups is 1. The van der Waals surface area contributed by atoms with Crippen LogP contribution in [0.5, 0.6) is 0 Å². The van der Waals surface area contributed by atoms with E-state index in [9.17, 15) is 21.6 Å². The molecule has 11 heteroatoms. The van der Waals surface area contributed by atoms with Gasteiger partial charge < -0.3 is 10.1 Å². The summed E-state index contributed by atoms with van der Waals surface area (Å²) in [5.41, 5.74) is 0.127. The van der Waals surface area contributed by atoms with E-state index in [-0.39, 0.29) is 27.2 Å². The largest absolute Gasteiger partial charge is 0.462 e. The van der Waals surface area contributed by atoms with Crippen LogP contribution in [0.4, 0.5) is 0 Å². The van der Waals surface area contributed by atoms with Crippen molar-refractivity contribution in [2.75, 3.05) is 18.8 Å². The number of piperidine rings is 1. The summed E-state index contributed by atoms with van der Waals surface area (Å²) < 4.78 is 57.3. The number of sulfone groups is 1. The molecule has 1 aliphatic heterocycles. The molecule has 2 aromatic carbocycles. The standard InChI is InChI=1S/C20H23ClN2O4S2.C5H10O2/c21-20-9-8-19(29(26,27)18-6-2-1-3-7-18)15-16(20)5-4-14-28(24,25)23-17-10-12-22-13-11-17;1-5(2,3)7-4-6/h1-9,15,17,22-23H,10-14H2;4H,1-3H3. The third-order valence-corrected chi connectivity index (χ3v) is 8.47. The Morgan fingerprint density at radius 1 is 1.03 bits per heavy atom. The van der Waals surface area contributed by atoms with E-state index in [0.717, 1.165) is 25.9 Å². The second-order valence-electron chi connectivity index (χ2n) is 9.15. The molecule has 0 saturated carbocycles. The molecule has 198 valence electrons. The molecule has 1 fully saturated rings. The zero-order valence-corrected chi connectivity index (χ0v) is 23.0. The molecule has 2 aromatic rings. The molecule has 0 bridgehead atoms. The van der Waals surface area contributed by atoms with Gasteiger partial charge in [0, 0.05) is 11.1 Å². The van der Waals surface area contributed by atoms with Crippen molar-refractivity contribution in [2.45, 2.75) is 55.0 Å². The lowest BCUT2D eigenvalue weighted by atomic mass is 10.1. The topological polar surface area (TPSA) is 119 Å². The summed E-state index contributed by atoms with van der Waals surface area (Å²) >= 11 is 6.18. The summed E-state index contributed by atoms with van der Waals surface area (Å²) in [7, 11) is -7.15. The minimum Gasteiger partial charge on any atom is -0.462 e. The first-order chi connectivity index (χ1) is 16.8. The third-order valence-electron chi connectivity index (χ3n) is 5.03. The van der Waals surface area contributed by atoms with Gasteiger partial charge in [0.25, 0.3) is 6.47 Å². The van der Waals surface area contributed by atoms with Crippen LogP contribution in [0.2, 0.25) is 5.02 Å². The van der Waals surface area contributed by atoms with Crippen molar-refractivity contribution in [2.24, 2.45) is 0 Å². The van der Waals surface area contributed by atoms with Crippen LogP contribution in [0.25, 0.3) is 6.08 Å². The lowest BCUT2D eigenvalue weighted by Gasteiger charge is -2.23. The molecule has 0 unspecified atom stereocenters. The number of sulfonamides is 1. The SMILES string of the molecule is CC(C)(C)OC=O.O=S(=O)(CC=Cc1cc(S(=O)(=O)c2ccccc2)ccc1Cl)NC1CCNCC1. The molecule has 0 radical (unpaired) electrons. The minimum atomic E-state index is -3.68. The Hall–Kier alpha value is -2.24. The molecule has 3 rings (SSSR count). The maximum Gasteiger partial charge on any atom is 0.293 e. The van der Waals surface area contributed by atoms with Crippen LogP contribution in [0.15, 0.2) is 64.4 Å². The molecular weight excluding hydrogens is 524 g/mol. The van der Waals surface area contributed by atoms with Gasteiger partial charge in [-0.25, -0.2) is 21.6 Å². The highest BCUT2D eigenvalue weighted by atomic mass is 35.5. The Morgan fingerprint density at radius 2 is 1.67 bits per heavy atom. The van der Waals surface area contributed by atoms with Crippen molar-refractivity contribution in [1.29, 1.82) is 0 Å². The van der Waals surface area contributed by atoms with Gasteiger partial charge in [0.2, 0.25) is 19.9 Å². The van der Waals surface area contributed by atoms with E-state index in [1.807, 2.05) is 20.8 Å². The zero-order chi connectivity index (χ0) is 26.8. The van der Waals surface area contributed by atoms with Crippen LogP contribution < -0.4 is 10.0 Å². The van der Waals surface area contributed by atoms with E-state index < -0.39 is 19.9 Å². The molecule has 0 atom stereocenters. The zero-order valence-electron chi connectivity index (χ0n) is 20.6. The van der Waals surface area contributed by atoms with Crippen molar-refractivity contribution >= 4 is 44.0 Å². The fourth-order valence-corrected chi connectivity index (χ4v) is 5.93. The summed E-state index contributed by atoms with van der Waals surface area (Å²) in [6, 6.07) is 12.4. The molecule has 36 heavy (non-hydrogen) atoms. The Morgan fingerprint density at radius 3 is 2.22 bits per heavy atom.